The molecule has 5 heteroatoms. The van der Waals surface area contributed by atoms with Crippen molar-refractivity contribution in [1.82, 2.24) is 19.9 Å². The Kier molecular flexibility index (Phi) is 4.95. The molecular weight excluding hydrogens is 372 g/mol. The highest BCUT2D eigenvalue weighted by molar-refractivity contribution is 5.79. The molecule has 152 valence electrons. The topological polar surface area (TPSA) is 63.7 Å². The number of H-pyrrole nitrogens is 1. The average molecular weight is 399 g/mol. The lowest BCUT2D eigenvalue weighted by Gasteiger charge is -2.26. The molecule has 0 unspecified atom stereocenters. The van der Waals surface area contributed by atoms with E-state index in [1.165, 1.54) is 12.8 Å². The molecule has 30 heavy (non-hydrogen) atoms. The molecule has 4 aromatic rings. The minimum absolute atomic E-state index is 0.291. The van der Waals surface area contributed by atoms with Crippen LogP contribution in [0.25, 0.3) is 33.7 Å². The first kappa shape index (κ1) is 18.8. The number of benzene rings is 1. The maximum absolute atomic E-state index is 6.19. The minimum atomic E-state index is 0.291. The van der Waals surface area contributed by atoms with Gasteiger partial charge in [0.25, 0.3) is 0 Å². The maximum Gasteiger partial charge on any atom is 0.216 e. The summed E-state index contributed by atoms with van der Waals surface area (Å²) in [7, 11) is 0. The van der Waals surface area contributed by atoms with Crippen molar-refractivity contribution in [3.05, 3.63) is 60.4 Å². The number of aromatic amines is 1. The predicted octanol–water partition coefficient (Wildman–Crippen LogP) is 5.95. The summed E-state index contributed by atoms with van der Waals surface area (Å²) in [5.41, 5.74) is 5.89. The third-order valence-corrected chi connectivity index (χ3v) is 5.99. The summed E-state index contributed by atoms with van der Waals surface area (Å²) < 4.78 is 6.19. The monoisotopic (exact) mass is 398 g/mol. The fraction of sp³-hybridized carbons (Fsp3) is 0.320. The molecule has 1 fully saturated rings. The summed E-state index contributed by atoms with van der Waals surface area (Å²) in [6.45, 7) is 4.38. The molecule has 0 radical (unpaired) electrons. The van der Waals surface area contributed by atoms with Crippen molar-refractivity contribution < 1.29 is 4.74 Å². The van der Waals surface area contributed by atoms with Crippen LogP contribution in [-0.4, -0.2) is 26.0 Å². The van der Waals surface area contributed by atoms with Crippen molar-refractivity contribution in [1.29, 1.82) is 0 Å². The summed E-state index contributed by atoms with van der Waals surface area (Å²) in [5, 5.41) is 0. The van der Waals surface area contributed by atoms with Crippen LogP contribution in [-0.2, 0) is 0 Å². The molecule has 0 atom stereocenters. The van der Waals surface area contributed by atoms with Crippen molar-refractivity contribution in [2.75, 3.05) is 0 Å². The van der Waals surface area contributed by atoms with Crippen molar-refractivity contribution in [2.24, 2.45) is 5.92 Å². The molecule has 1 saturated carbocycles. The van der Waals surface area contributed by atoms with Crippen LogP contribution in [0.5, 0.6) is 5.88 Å². The zero-order chi connectivity index (χ0) is 20.5. The summed E-state index contributed by atoms with van der Waals surface area (Å²) >= 11 is 0. The molecule has 3 aromatic heterocycles. The van der Waals surface area contributed by atoms with Gasteiger partial charge in [-0.05, 0) is 68.9 Å². The Labute approximate surface area is 176 Å². The number of para-hydroxylation sites is 2. The molecule has 0 amide bonds. The third-order valence-electron chi connectivity index (χ3n) is 5.99. The number of rotatable bonds is 4. The van der Waals surface area contributed by atoms with Gasteiger partial charge in [-0.3, -0.25) is 4.98 Å². The Morgan fingerprint density at radius 3 is 2.47 bits per heavy atom. The van der Waals surface area contributed by atoms with Crippen LogP contribution >= 0.6 is 0 Å². The van der Waals surface area contributed by atoms with Gasteiger partial charge in [0.1, 0.15) is 11.9 Å². The van der Waals surface area contributed by atoms with Crippen LogP contribution in [0.4, 0.5) is 0 Å². The molecule has 0 aliphatic heterocycles. The van der Waals surface area contributed by atoms with Crippen LogP contribution in [0.2, 0.25) is 0 Å². The maximum atomic E-state index is 6.19. The predicted molar refractivity (Wildman–Crippen MR) is 119 cm³/mol. The van der Waals surface area contributed by atoms with Gasteiger partial charge < -0.3 is 9.72 Å². The highest BCUT2D eigenvalue weighted by Gasteiger charge is 2.20. The Morgan fingerprint density at radius 2 is 1.73 bits per heavy atom. The van der Waals surface area contributed by atoms with Crippen LogP contribution in [0, 0.1) is 12.8 Å². The Morgan fingerprint density at radius 1 is 0.933 bits per heavy atom. The van der Waals surface area contributed by atoms with Gasteiger partial charge in [0.15, 0.2) is 0 Å². The zero-order valence-corrected chi connectivity index (χ0v) is 17.4. The van der Waals surface area contributed by atoms with Crippen molar-refractivity contribution in [3.63, 3.8) is 0 Å². The van der Waals surface area contributed by atoms with E-state index in [1.807, 2.05) is 48.8 Å². The minimum Gasteiger partial charge on any atom is -0.474 e. The summed E-state index contributed by atoms with van der Waals surface area (Å²) in [5.74, 6) is 2.39. The van der Waals surface area contributed by atoms with E-state index in [1.54, 1.807) is 0 Å². The van der Waals surface area contributed by atoms with Gasteiger partial charge in [-0.1, -0.05) is 19.1 Å². The normalized spacial score (nSPS) is 19.1. The molecule has 1 aromatic carbocycles. The number of aryl methyl sites for hydroxylation is 1. The lowest BCUT2D eigenvalue weighted by atomic mass is 9.89. The first-order valence-electron chi connectivity index (χ1n) is 10.7. The molecule has 3 heterocycles. The van der Waals surface area contributed by atoms with Crippen molar-refractivity contribution in [3.8, 4) is 28.5 Å². The van der Waals surface area contributed by atoms with Gasteiger partial charge in [0.2, 0.25) is 5.88 Å². The van der Waals surface area contributed by atoms with E-state index in [-0.39, 0.29) is 0 Å². The van der Waals surface area contributed by atoms with Crippen LogP contribution in [0.3, 0.4) is 0 Å². The smallest absolute Gasteiger partial charge is 0.216 e. The molecule has 1 aliphatic carbocycles. The summed E-state index contributed by atoms with van der Waals surface area (Å²) in [6, 6.07) is 14.2. The fourth-order valence-electron chi connectivity index (χ4n) is 4.13. The first-order chi connectivity index (χ1) is 14.7. The molecule has 0 bridgehead atoms. The lowest BCUT2D eigenvalue weighted by molar-refractivity contribution is 0.129. The first-order valence-corrected chi connectivity index (χ1v) is 10.7. The Bertz CT molecular complexity index is 1120. The number of fused-ring (bicyclic) bond motifs is 1. The summed E-state index contributed by atoms with van der Waals surface area (Å²) in [4.78, 5) is 17.2. The number of aromatic nitrogens is 4. The summed E-state index contributed by atoms with van der Waals surface area (Å²) in [6.07, 6.45) is 8.72. The Balaban J connectivity index is 1.33. The van der Waals surface area contributed by atoms with Crippen LogP contribution in [0.1, 0.15) is 38.2 Å². The second-order valence-corrected chi connectivity index (χ2v) is 8.38. The number of hydrogen-bond donors (Lipinski definition) is 1. The van der Waals surface area contributed by atoms with Gasteiger partial charge in [-0.2, -0.15) is 0 Å². The number of hydrogen-bond acceptors (Lipinski definition) is 4. The standard InChI is InChI=1S/C25H26N4O/c1-16-7-10-20(11-8-16)30-25-17(2)13-19(15-27-25)21-12-9-18(14-26-21)24-28-22-5-3-4-6-23(22)29-24/h3-6,9,12-16,20H,7-8,10-11H2,1-2H3,(H,28,29). The molecule has 0 saturated heterocycles. The van der Waals surface area contributed by atoms with E-state index in [0.717, 1.165) is 63.9 Å². The van der Waals surface area contributed by atoms with Gasteiger partial charge in [0.05, 0.1) is 16.7 Å². The highest BCUT2D eigenvalue weighted by atomic mass is 16.5. The van der Waals surface area contributed by atoms with Crippen LogP contribution < -0.4 is 4.74 Å². The van der Waals surface area contributed by atoms with E-state index in [0.29, 0.717) is 6.10 Å². The van der Waals surface area contributed by atoms with Gasteiger partial charge in [0, 0.05) is 29.1 Å². The average Bonchev–Trinajstić information content (AvgIpc) is 3.21. The van der Waals surface area contributed by atoms with E-state index in [9.17, 15) is 0 Å². The third kappa shape index (κ3) is 3.80. The highest BCUT2D eigenvalue weighted by Crippen LogP contribution is 2.29. The number of nitrogens with zero attached hydrogens (tertiary/aromatic N) is 3. The molecule has 0 spiro atoms. The zero-order valence-electron chi connectivity index (χ0n) is 17.4. The molecular formula is C25H26N4O. The Hall–Kier alpha value is -3.21. The number of pyridine rings is 2. The second kappa shape index (κ2) is 7.90. The number of imidazole rings is 1. The quantitative estimate of drug-likeness (QED) is 0.461. The molecule has 5 rings (SSSR count). The molecule has 5 nitrogen and oxygen atoms in total. The van der Waals surface area contributed by atoms with E-state index in [2.05, 4.69) is 39.8 Å². The van der Waals surface area contributed by atoms with Gasteiger partial charge in [-0.15, -0.1) is 0 Å². The number of nitrogens with one attached hydrogen (secondary N) is 1. The van der Waals surface area contributed by atoms with Crippen molar-refractivity contribution in [2.45, 2.75) is 45.6 Å². The van der Waals surface area contributed by atoms with Gasteiger partial charge in [-0.25, -0.2) is 9.97 Å². The van der Waals surface area contributed by atoms with E-state index >= 15 is 0 Å². The largest absolute Gasteiger partial charge is 0.474 e. The van der Waals surface area contributed by atoms with Crippen LogP contribution in [0.15, 0.2) is 54.9 Å². The van der Waals surface area contributed by atoms with Crippen molar-refractivity contribution >= 4 is 11.0 Å². The van der Waals surface area contributed by atoms with Gasteiger partial charge >= 0.3 is 0 Å². The molecule has 1 aliphatic rings. The fourth-order valence-corrected chi connectivity index (χ4v) is 4.13. The SMILES string of the molecule is Cc1cc(-c2ccc(-c3nc4ccccc4[nH]3)cn2)cnc1OC1CCC(C)CC1. The van der Waals surface area contributed by atoms with E-state index in [4.69, 9.17) is 4.74 Å². The molecule has 1 N–H and O–H groups in total. The van der Waals surface area contributed by atoms with E-state index < -0.39 is 0 Å². The number of ether oxygens (including phenoxy) is 1. The second-order valence-electron chi connectivity index (χ2n) is 8.38. The lowest BCUT2D eigenvalue weighted by Crippen LogP contribution is -2.23.